The predicted molar refractivity (Wildman–Crippen MR) is 123 cm³/mol. The second kappa shape index (κ2) is 8.02. The summed E-state index contributed by atoms with van der Waals surface area (Å²) in [5.74, 6) is 0.380. The first-order valence-corrected chi connectivity index (χ1v) is 10.5. The van der Waals surface area contributed by atoms with Crippen molar-refractivity contribution in [2.75, 3.05) is 18.6 Å². The summed E-state index contributed by atoms with van der Waals surface area (Å²) >= 11 is 0. The number of para-hydroxylation sites is 1. The van der Waals surface area contributed by atoms with Crippen LogP contribution in [0, 0.1) is 0 Å². The van der Waals surface area contributed by atoms with Crippen molar-refractivity contribution < 1.29 is 23.8 Å². The van der Waals surface area contributed by atoms with Crippen molar-refractivity contribution in [3.8, 4) is 17.2 Å². The molecule has 1 amide bonds. The summed E-state index contributed by atoms with van der Waals surface area (Å²) in [6.45, 7) is 2.16. The molecule has 0 aliphatic carbocycles. The third-order valence-electron chi connectivity index (χ3n) is 5.71. The van der Waals surface area contributed by atoms with Crippen molar-refractivity contribution >= 4 is 22.6 Å². The van der Waals surface area contributed by atoms with Crippen molar-refractivity contribution in [2.24, 2.45) is 0 Å². The maximum Gasteiger partial charge on any atom is 0.295 e. The molecule has 0 saturated carbocycles. The highest BCUT2D eigenvalue weighted by Gasteiger charge is 2.44. The van der Waals surface area contributed by atoms with Gasteiger partial charge in [-0.2, -0.15) is 0 Å². The van der Waals surface area contributed by atoms with Gasteiger partial charge in [0, 0.05) is 11.8 Å². The fourth-order valence-electron chi connectivity index (χ4n) is 4.23. The highest BCUT2D eigenvalue weighted by atomic mass is 16.5. The van der Waals surface area contributed by atoms with Gasteiger partial charge in [-0.3, -0.25) is 14.5 Å². The van der Waals surface area contributed by atoms with Gasteiger partial charge < -0.3 is 19.0 Å². The smallest absolute Gasteiger partial charge is 0.295 e. The van der Waals surface area contributed by atoms with E-state index in [9.17, 15) is 14.7 Å². The number of ether oxygens (including phenoxy) is 2. The molecule has 166 valence electrons. The second-order valence-electron chi connectivity index (χ2n) is 7.61. The van der Waals surface area contributed by atoms with Crippen molar-refractivity contribution in [2.45, 2.75) is 13.0 Å². The first-order valence-electron chi connectivity index (χ1n) is 10.5. The van der Waals surface area contributed by atoms with Crippen LogP contribution in [-0.2, 0) is 0 Å². The average Bonchev–Trinajstić information content (AvgIpc) is 3.13. The van der Waals surface area contributed by atoms with Crippen LogP contribution in [0.15, 0.2) is 75.9 Å². The Labute approximate surface area is 189 Å². The van der Waals surface area contributed by atoms with Gasteiger partial charge in [0.25, 0.3) is 5.91 Å². The average molecular weight is 443 g/mol. The van der Waals surface area contributed by atoms with E-state index in [1.54, 1.807) is 67.8 Å². The molecule has 0 bridgehead atoms. The number of carbonyl (C=O) groups is 1. The minimum Gasteiger partial charge on any atom is -0.504 e. The van der Waals surface area contributed by atoms with Gasteiger partial charge in [0.15, 0.2) is 16.9 Å². The highest BCUT2D eigenvalue weighted by molar-refractivity contribution is 6.10. The molecule has 1 atom stereocenters. The third kappa shape index (κ3) is 3.29. The highest BCUT2D eigenvalue weighted by Crippen LogP contribution is 2.43. The monoisotopic (exact) mass is 443 g/mol. The molecule has 0 fully saturated rings. The summed E-state index contributed by atoms with van der Waals surface area (Å²) in [4.78, 5) is 28.7. The standard InChI is InChI=1S/C26H21NO6/c1-3-32-21-13-15(11-12-19(21)28)23-22-24(29)18-9-4-5-10-20(18)33-25(22)26(30)27(23)16-7-6-8-17(14-16)31-2/h4-14,23,28H,3H2,1-2H3. The maximum absolute atomic E-state index is 13.6. The first-order chi connectivity index (χ1) is 16.0. The Morgan fingerprint density at radius 2 is 1.85 bits per heavy atom. The van der Waals surface area contributed by atoms with Crippen LogP contribution in [0.2, 0.25) is 0 Å². The van der Waals surface area contributed by atoms with Gasteiger partial charge in [-0.05, 0) is 48.9 Å². The van der Waals surface area contributed by atoms with Crippen LogP contribution in [0.5, 0.6) is 17.2 Å². The summed E-state index contributed by atoms with van der Waals surface area (Å²) in [7, 11) is 1.54. The number of rotatable bonds is 5. The number of nitrogens with zero attached hydrogens (tertiary/aromatic N) is 1. The summed E-state index contributed by atoms with van der Waals surface area (Å²) in [6, 6.07) is 17.9. The van der Waals surface area contributed by atoms with Gasteiger partial charge >= 0.3 is 0 Å². The second-order valence-corrected chi connectivity index (χ2v) is 7.61. The van der Waals surface area contributed by atoms with Crippen LogP contribution in [0.4, 0.5) is 5.69 Å². The first kappa shape index (κ1) is 20.6. The van der Waals surface area contributed by atoms with E-state index in [4.69, 9.17) is 13.9 Å². The number of hydrogen-bond donors (Lipinski definition) is 1. The molecule has 1 unspecified atom stereocenters. The Balaban J connectivity index is 1.79. The number of aromatic hydroxyl groups is 1. The van der Waals surface area contributed by atoms with Crippen molar-refractivity contribution in [1.29, 1.82) is 0 Å². The number of phenolic OH excluding ortho intramolecular Hbond substituents is 1. The Morgan fingerprint density at radius 1 is 1.03 bits per heavy atom. The van der Waals surface area contributed by atoms with E-state index >= 15 is 0 Å². The largest absolute Gasteiger partial charge is 0.504 e. The van der Waals surface area contributed by atoms with Crippen molar-refractivity contribution in [1.82, 2.24) is 0 Å². The molecule has 7 heteroatoms. The molecule has 33 heavy (non-hydrogen) atoms. The Bertz CT molecular complexity index is 1440. The lowest BCUT2D eigenvalue weighted by Crippen LogP contribution is -2.29. The molecule has 0 radical (unpaired) electrons. The molecular weight excluding hydrogens is 422 g/mol. The quantitative estimate of drug-likeness (QED) is 0.483. The number of amides is 1. The fraction of sp³-hybridized carbons (Fsp3) is 0.154. The lowest BCUT2D eigenvalue weighted by molar-refractivity contribution is 0.0971. The van der Waals surface area contributed by atoms with Crippen LogP contribution in [-0.4, -0.2) is 24.7 Å². The molecular formula is C26H21NO6. The maximum atomic E-state index is 13.6. The van der Waals surface area contributed by atoms with Gasteiger partial charge in [0.1, 0.15) is 11.3 Å². The number of methoxy groups -OCH3 is 1. The van der Waals surface area contributed by atoms with Crippen LogP contribution < -0.4 is 19.8 Å². The van der Waals surface area contributed by atoms with E-state index in [-0.39, 0.29) is 28.3 Å². The van der Waals surface area contributed by atoms with Crippen molar-refractivity contribution in [3.05, 3.63) is 93.8 Å². The molecule has 7 nitrogen and oxygen atoms in total. The lowest BCUT2D eigenvalue weighted by Gasteiger charge is -2.26. The summed E-state index contributed by atoms with van der Waals surface area (Å²) in [5.41, 5.74) is 1.47. The third-order valence-corrected chi connectivity index (χ3v) is 5.71. The number of fused-ring (bicyclic) bond motifs is 2. The molecule has 2 heterocycles. The molecule has 1 aliphatic rings. The normalized spacial score (nSPS) is 15.0. The number of hydrogen-bond acceptors (Lipinski definition) is 6. The zero-order valence-electron chi connectivity index (χ0n) is 18.1. The number of phenols is 1. The molecule has 5 rings (SSSR count). The lowest BCUT2D eigenvalue weighted by atomic mass is 9.97. The van der Waals surface area contributed by atoms with Crippen LogP contribution >= 0.6 is 0 Å². The van der Waals surface area contributed by atoms with Gasteiger partial charge in [0.2, 0.25) is 5.76 Å². The van der Waals surface area contributed by atoms with Crippen LogP contribution in [0.25, 0.3) is 11.0 Å². The summed E-state index contributed by atoms with van der Waals surface area (Å²) in [6.07, 6.45) is 0. The number of benzene rings is 3. The number of anilines is 1. The molecule has 3 aromatic carbocycles. The SMILES string of the molecule is CCOc1cc(C2c3c(oc4ccccc4c3=O)C(=O)N2c2cccc(OC)c2)ccc1O. The molecule has 1 aromatic heterocycles. The zero-order valence-corrected chi connectivity index (χ0v) is 18.1. The topological polar surface area (TPSA) is 89.2 Å². The van der Waals surface area contributed by atoms with E-state index in [2.05, 4.69) is 0 Å². The zero-order chi connectivity index (χ0) is 23.1. The Hall–Kier alpha value is -4.26. The fourth-order valence-corrected chi connectivity index (χ4v) is 4.23. The Morgan fingerprint density at radius 3 is 2.64 bits per heavy atom. The summed E-state index contributed by atoms with van der Waals surface area (Å²) in [5, 5.41) is 10.6. The molecule has 0 spiro atoms. The van der Waals surface area contributed by atoms with E-state index in [0.717, 1.165) is 0 Å². The minimum atomic E-state index is -0.778. The molecule has 0 saturated heterocycles. The van der Waals surface area contributed by atoms with Crippen LogP contribution in [0.3, 0.4) is 0 Å². The molecule has 1 N–H and O–H groups in total. The molecule has 1 aliphatic heterocycles. The van der Waals surface area contributed by atoms with Gasteiger partial charge in [0.05, 0.1) is 30.7 Å². The molecule has 4 aromatic rings. The van der Waals surface area contributed by atoms with Gasteiger partial charge in [-0.1, -0.05) is 24.3 Å². The Kier molecular flexibility index (Phi) is 5.01. The predicted octanol–water partition coefficient (Wildman–Crippen LogP) is 4.66. The van der Waals surface area contributed by atoms with E-state index in [1.165, 1.54) is 11.0 Å². The van der Waals surface area contributed by atoms with Crippen molar-refractivity contribution in [3.63, 3.8) is 0 Å². The summed E-state index contributed by atoms with van der Waals surface area (Å²) < 4.78 is 16.9. The van der Waals surface area contributed by atoms with Gasteiger partial charge in [-0.25, -0.2) is 0 Å². The number of carbonyl (C=O) groups excluding carboxylic acids is 1. The van der Waals surface area contributed by atoms with E-state index in [0.29, 0.717) is 34.6 Å². The van der Waals surface area contributed by atoms with E-state index < -0.39 is 11.9 Å². The minimum absolute atomic E-state index is 0.00226. The van der Waals surface area contributed by atoms with Crippen LogP contribution in [0.1, 0.15) is 34.6 Å². The van der Waals surface area contributed by atoms with E-state index in [1.807, 2.05) is 6.92 Å². The van der Waals surface area contributed by atoms with Gasteiger partial charge in [-0.15, -0.1) is 0 Å².